The monoisotopic (exact) mass is 409 g/mol. The van der Waals surface area contributed by atoms with Gasteiger partial charge >= 0.3 is 0 Å². The van der Waals surface area contributed by atoms with Gasteiger partial charge in [-0.05, 0) is 104 Å². The van der Waals surface area contributed by atoms with E-state index >= 15 is 0 Å². The molecule has 28 heavy (non-hydrogen) atoms. The molecule has 0 unspecified atom stereocenters. The molecule has 4 aliphatic carbocycles. The summed E-state index contributed by atoms with van der Waals surface area (Å²) in [6, 6.07) is 0. The first kappa shape index (κ1) is 21.1. The lowest BCUT2D eigenvalue weighted by atomic mass is 9.47. The molecule has 0 aromatic carbocycles. The van der Waals surface area contributed by atoms with Gasteiger partial charge in [0, 0.05) is 17.5 Å². The maximum atomic E-state index is 14.7. The second-order valence-electron chi connectivity index (χ2n) is 12.3. The van der Waals surface area contributed by atoms with Crippen LogP contribution in [-0.2, 0) is 13.9 Å². The minimum absolute atomic E-state index is 0.253. The molecule has 0 N–H and O–H groups in total. The van der Waals surface area contributed by atoms with Crippen LogP contribution in [0.1, 0.15) is 93.4 Å². The minimum Gasteiger partial charge on any atom is -0.309 e. The van der Waals surface area contributed by atoms with Crippen LogP contribution >= 0.6 is 7.52 Å². The number of carbonyl (C=O) groups excluding carboxylic acids is 1. The molecule has 0 aromatic heterocycles. The van der Waals surface area contributed by atoms with E-state index < -0.39 is 18.3 Å². The smallest absolute Gasteiger partial charge is 0.286 e. The van der Waals surface area contributed by atoms with Gasteiger partial charge in [-0.3, -0.25) is 9.36 Å². The summed E-state index contributed by atoms with van der Waals surface area (Å²) in [6.07, 6.45) is 7.57. The second-order valence-corrected chi connectivity index (χ2v) is 14.9. The Bertz CT molecular complexity index is 687. The molecule has 2 atom stereocenters. The number of Topliss-reactive ketones (excluding diaryl/α,β-unsaturated/α-hetero) is 1. The highest BCUT2D eigenvalue weighted by molar-refractivity contribution is 7.59. The van der Waals surface area contributed by atoms with Gasteiger partial charge in [-0.1, -0.05) is 6.92 Å². The molecule has 1 aliphatic heterocycles. The molecule has 5 fully saturated rings. The molecule has 5 rings (SSSR count). The lowest BCUT2D eigenvalue weighted by molar-refractivity contribution is -0.146. The Kier molecular flexibility index (Phi) is 4.64. The van der Waals surface area contributed by atoms with Crippen LogP contribution in [0.25, 0.3) is 0 Å². The van der Waals surface area contributed by atoms with Crippen LogP contribution in [0.3, 0.4) is 0 Å². The van der Waals surface area contributed by atoms with E-state index in [9.17, 15) is 9.36 Å². The van der Waals surface area contributed by atoms with Crippen LogP contribution in [0, 0.1) is 23.2 Å². The standard InChI is InChI=1S/C23H40NO3P/c1-8-22(7,28(26)24(20(2,3)4)15-21(5,6)27-28)19(25)23-12-16-9-17(13-23)11-18(10-16)14-23/h16-18H,8-15H2,1-7H3/t16?,17?,18?,22-,23?,28+/m0/s1. The molecule has 1 saturated heterocycles. The molecule has 1 heterocycles. The van der Waals surface area contributed by atoms with Gasteiger partial charge in [0.25, 0.3) is 7.52 Å². The quantitative estimate of drug-likeness (QED) is 0.531. The topological polar surface area (TPSA) is 46.6 Å². The van der Waals surface area contributed by atoms with Crippen LogP contribution in [0.4, 0.5) is 0 Å². The molecule has 0 aromatic rings. The molecule has 5 heteroatoms. The molecule has 4 saturated carbocycles. The number of carbonyl (C=O) groups is 1. The van der Waals surface area contributed by atoms with Crippen molar-refractivity contribution in [1.29, 1.82) is 0 Å². The number of nitrogens with zero attached hydrogens (tertiary/aromatic N) is 1. The Morgan fingerprint density at radius 3 is 1.89 bits per heavy atom. The molecule has 4 bridgehead atoms. The van der Waals surface area contributed by atoms with Crippen molar-refractivity contribution in [3.63, 3.8) is 0 Å². The summed E-state index contributed by atoms with van der Waals surface area (Å²) in [7, 11) is -3.34. The molecule has 0 spiro atoms. The third-order valence-electron chi connectivity index (χ3n) is 8.31. The highest BCUT2D eigenvalue weighted by Gasteiger charge is 2.67. The number of hydrogen-bond donors (Lipinski definition) is 0. The van der Waals surface area contributed by atoms with Gasteiger partial charge in [-0.2, -0.15) is 0 Å². The van der Waals surface area contributed by atoms with E-state index in [4.69, 9.17) is 4.52 Å². The summed E-state index contributed by atoms with van der Waals surface area (Å²) in [4.78, 5) is 14.3. The Morgan fingerprint density at radius 1 is 1.04 bits per heavy atom. The van der Waals surface area contributed by atoms with E-state index in [1.807, 2.05) is 32.4 Å². The van der Waals surface area contributed by atoms with Gasteiger partial charge < -0.3 is 4.52 Å². The number of hydrogen-bond acceptors (Lipinski definition) is 3. The lowest BCUT2D eigenvalue weighted by Gasteiger charge is -2.58. The van der Waals surface area contributed by atoms with E-state index in [2.05, 4.69) is 20.8 Å². The summed E-state index contributed by atoms with van der Waals surface area (Å²) in [5, 5.41) is -0.931. The predicted molar refractivity (Wildman–Crippen MR) is 114 cm³/mol. The first-order chi connectivity index (χ1) is 12.7. The highest BCUT2D eigenvalue weighted by Crippen LogP contribution is 2.73. The Balaban J connectivity index is 1.76. The summed E-state index contributed by atoms with van der Waals surface area (Å²) < 4.78 is 23.1. The van der Waals surface area contributed by atoms with E-state index in [1.165, 1.54) is 19.3 Å². The molecule has 160 valence electrons. The van der Waals surface area contributed by atoms with Crippen molar-refractivity contribution in [2.75, 3.05) is 6.54 Å². The Hall–Kier alpha value is -0.180. The fraction of sp³-hybridized carbons (Fsp3) is 0.957. The average Bonchev–Trinajstić information content (AvgIpc) is 2.83. The van der Waals surface area contributed by atoms with Crippen LogP contribution in [0.15, 0.2) is 0 Å². The van der Waals surface area contributed by atoms with Crippen molar-refractivity contribution in [3.05, 3.63) is 0 Å². The zero-order chi connectivity index (χ0) is 20.8. The number of ketones is 1. The molecular formula is C23H40NO3P. The molecular weight excluding hydrogens is 369 g/mol. The van der Waals surface area contributed by atoms with Crippen LogP contribution in [0.2, 0.25) is 0 Å². The zero-order valence-corrected chi connectivity index (χ0v) is 19.9. The summed E-state index contributed by atoms with van der Waals surface area (Å²) in [5.41, 5.74) is -1.06. The molecule has 5 aliphatic rings. The van der Waals surface area contributed by atoms with Crippen molar-refractivity contribution in [2.45, 2.75) is 110 Å². The van der Waals surface area contributed by atoms with Crippen molar-refractivity contribution in [3.8, 4) is 0 Å². The lowest BCUT2D eigenvalue weighted by Crippen LogP contribution is -2.57. The summed E-state index contributed by atoms with van der Waals surface area (Å²) in [6.45, 7) is 14.9. The van der Waals surface area contributed by atoms with Crippen molar-refractivity contribution in [2.24, 2.45) is 23.2 Å². The Labute approximate surface area is 171 Å². The van der Waals surface area contributed by atoms with Gasteiger partial charge in [-0.15, -0.1) is 0 Å². The molecule has 0 amide bonds. The molecule has 4 nitrogen and oxygen atoms in total. The van der Waals surface area contributed by atoms with E-state index in [0.29, 0.717) is 30.7 Å². The van der Waals surface area contributed by atoms with Gasteiger partial charge in [-0.25, -0.2) is 4.67 Å². The Morgan fingerprint density at radius 2 is 1.50 bits per heavy atom. The number of rotatable bonds is 4. The van der Waals surface area contributed by atoms with Crippen molar-refractivity contribution >= 4 is 13.3 Å². The van der Waals surface area contributed by atoms with E-state index in [0.717, 1.165) is 19.3 Å². The molecule has 0 radical (unpaired) electrons. The maximum absolute atomic E-state index is 14.7. The van der Waals surface area contributed by atoms with Crippen molar-refractivity contribution < 1.29 is 13.9 Å². The van der Waals surface area contributed by atoms with Crippen LogP contribution < -0.4 is 0 Å². The van der Waals surface area contributed by atoms with E-state index in [-0.39, 0.29) is 16.7 Å². The fourth-order valence-electron chi connectivity index (χ4n) is 7.31. The first-order valence-corrected chi connectivity index (χ1v) is 13.0. The predicted octanol–water partition coefficient (Wildman–Crippen LogP) is 6.04. The van der Waals surface area contributed by atoms with Gasteiger partial charge in [0.1, 0.15) is 5.16 Å². The van der Waals surface area contributed by atoms with Gasteiger partial charge in [0.2, 0.25) is 0 Å². The van der Waals surface area contributed by atoms with Gasteiger partial charge in [0.05, 0.1) is 5.60 Å². The third-order valence-corrected chi connectivity index (χ3v) is 12.2. The normalized spacial score (nSPS) is 44.6. The first-order valence-electron chi connectivity index (χ1n) is 11.4. The largest absolute Gasteiger partial charge is 0.309 e. The summed E-state index contributed by atoms with van der Waals surface area (Å²) in [5.74, 6) is 2.38. The minimum atomic E-state index is -3.34. The van der Waals surface area contributed by atoms with Gasteiger partial charge in [0.15, 0.2) is 5.78 Å². The van der Waals surface area contributed by atoms with Crippen LogP contribution in [-0.4, -0.2) is 33.3 Å². The van der Waals surface area contributed by atoms with Crippen molar-refractivity contribution in [1.82, 2.24) is 4.67 Å². The third kappa shape index (κ3) is 2.92. The second kappa shape index (κ2) is 6.17. The highest BCUT2D eigenvalue weighted by atomic mass is 31.2. The average molecular weight is 410 g/mol. The van der Waals surface area contributed by atoms with E-state index in [1.54, 1.807) is 0 Å². The van der Waals surface area contributed by atoms with Crippen LogP contribution in [0.5, 0.6) is 0 Å². The summed E-state index contributed by atoms with van der Waals surface area (Å²) >= 11 is 0. The fourth-order valence-corrected chi connectivity index (χ4v) is 11.1. The maximum Gasteiger partial charge on any atom is 0.286 e. The zero-order valence-electron chi connectivity index (χ0n) is 19.0. The SMILES string of the molecule is CC[C@@](C)(C(=O)C12CC3CC(CC(C3)C1)C2)[P@@]1(=O)OC(C)(C)CN1C(C)(C)C.